The zero-order valence-corrected chi connectivity index (χ0v) is 27.4. The molecule has 0 radical (unpaired) electrons. The van der Waals surface area contributed by atoms with Gasteiger partial charge in [0.15, 0.2) is 23.1 Å². The molecule has 10 rings (SSSR count). The molecule has 0 saturated carbocycles. The number of benzene rings is 7. The normalized spacial score (nSPS) is 11.6. The van der Waals surface area contributed by atoms with Gasteiger partial charge in [0.25, 0.3) is 0 Å². The van der Waals surface area contributed by atoms with Gasteiger partial charge in [-0.3, -0.25) is 0 Å². The number of thiophene rings is 1. The molecule has 0 spiro atoms. The average molecular weight is 659 g/mol. The van der Waals surface area contributed by atoms with E-state index < -0.39 is 0 Å². The predicted octanol–water partition coefficient (Wildman–Crippen LogP) is 11.9. The van der Waals surface area contributed by atoms with Crippen molar-refractivity contribution < 1.29 is 4.42 Å². The van der Waals surface area contributed by atoms with Crippen molar-refractivity contribution in [1.29, 1.82) is 0 Å². The lowest BCUT2D eigenvalue weighted by Gasteiger charge is -2.14. The van der Waals surface area contributed by atoms with Crippen LogP contribution in [0.1, 0.15) is 0 Å². The van der Waals surface area contributed by atoms with Gasteiger partial charge < -0.3 is 4.42 Å². The van der Waals surface area contributed by atoms with Crippen LogP contribution in [0.2, 0.25) is 0 Å². The monoisotopic (exact) mass is 658 g/mol. The number of hydrogen-bond donors (Lipinski definition) is 0. The van der Waals surface area contributed by atoms with Crippen LogP contribution in [0.3, 0.4) is 0 Å². The Bertz CT molecular complexity index is 2860. The van der Waals surface area contributed by atoms with Crippen LogP contribution in [0.4, 0.5) is 0 Å². The van der Waals surface area contributed by atoms with Gasteiger partial charge >= 0.3 is 0 Å². The van der Waals surface area contributed by atoms with Gasteiger partial charge in [0.2, 0.25) is 5.89 Å². The van der Waals surface area contributed by atoms with Gasteiger partial charge in [0.05, 0.1) is 0 Å². The van der Waals surface area contributed by atoms with Gasteiger partial charge in [-0.05, 0) is 64.4 Å². The smallest absolute Gasteiger partial charge is 0.227 e. The first-order valence-electron chi connectivity index (χ1n) is 16.5. The summed E-state index contributed by atoms with van der Waals surface area (Å²) in [4.78, 5) is 20.2. The molecule has 0 saturated heterocycles. The first kappa shape index (κ1) is 28.5. The molecule has 50 heavy (non-hydrogen) atoms. The van der Waals surface area contributed by atoms with Gasteiger partial charge in [-0.2, -0.15) is 0 Å². The lowest BCUT2D eigenvalue weighted by molar-refractivity contribution is 0.623. The minimum Gasteiger partial charge on any atom is -0.435 e. The quantitative estimate of drug-likeness (QED) is 0.184. The minimum atomic E-state index is 0.622. The largest absolute Gasteiger partial charge is 0.435 e. The van der Waals surface area contributed by atoms with Crippen molar-refractivity contribution in [2.75, 3.05) is 0 Å². The van der Waals surface area contributed by atoms with E-state index >= 15 is 0 Å². The molecule has 7 aromatic carbocycles. The molecule has 6 heteroatoms. The molecule has 234 valence electrons. The third-order valence-corrected chi connectivity index (χ3v) is 10.3. The lowest BCUT2D eigenvalue weighted by atomic mass is 9.95. The summed E-state index contributed by atoms with van der Waals surface area (Å²) >= 11 is 1.73. The molecule has 3 aromatic heterocycles. The summed E-state index contributed by atoms with van der Waals surface area (Å²) in [7, 11) is 0. The summed E-state index contributed by atoms with van der Waals surface area (Å²) < 4.78 is 8.69. The highest BCUT2D eigenvalue weighted by molar-refractivity contribution is 7.26. The van der Waals surface area contributed by atoms with Crippen molar-refractivity contribution in [3.8, 4) is 56.7 Å². The van der Waals surface area contributed by atoms with Crippen molar-refractivity contribution in [3.05, 3.63) is 158 Å². The standard InChI is InChI=1S/C44H26N4OS/c1-4-12-27(13-5-1)34-24-30-18-10-11-19-31(30)25-35(34)43-47-41(28-14-6-2-7-15-28)46-42(48-43)32-20-21-33-38(26-32)50-37-23-22-36-40(39(33)37)49-44(45-36)29-16-8-3-9-17-29/h1-26H. The van der Waals surface area contributed by atoms with Crippen molar-refractivity contribution in [2.24, 2.45) is 0 Å². The fourth-order valence-corrected chi connectivity index (χ4v) is 7.86. The molecule has 10 aromatic rings. The number of hydrogen-bond acceptors (Lipinski definition) is 6. The number of fused-ring (bicyclic) bond motifs is 6. The Morgan fingerprint density at radius 3 is 1.74 bits per heavy atom. The molecular weight excluding hydrogens is 633 g/mol. The van der Waals surface area contributed by atoms with Gasteiger partial charge in [-0.25, -0.2) is 19.9 Å². The topological polar surface area (TPSA) is 64.7 Å². The number of oxazole rings is 1. The molecule has 0 N–H and O–H groups in total. The summed E-state index contributed by atoms with van der Waals surface area (Å²) in [5, 5.41) is 4.49. The van der Waals surface area contributed by atoms with E-state index in [2.05, 4.69) is 84.9 Å². The van der Waals surface area contributed by atoms with Gasteiger partial charge in [0, 0.05) is 42.4 Å². The molecule has 0 aliphatic heterocycles. The summed E-state index contributed by atoms with van der Waals surface area (Å²) in [5.74, 6) is 2.51. The molecule has 0 fully saturated rings. The Balaban J connectivity index is 1.17. The highest BCUT2D eigenvalue weighted by Crippen LogP contribution is 2.42. The first-order valence-corrected chi connectivity index (χ1v) is 17.3. The number of aromatic nitrogens is 4. The Morgan fingerprint density at radius 2 is 1.02 bits per heavy atom. The van der Waals surface area contributed by atoms with Crippen molar-refractivity contribution in [1.82, 2.24) is 19.9 Å². The van der Waals surface area contributed by atoms with E-state index in [0.29, 0.717) is 23.4 Å². The van der Waals surface area contributed by atoms with Crippen LogP contribution in [-0.2, 0) is 0 Å². The van der Waals surface area contributed by atoms with Crippen molar-refractivity contribution >= 4 is 53.4 Å². The predicted molar refractivity (Wildman–Crippen MR) is 205 cm³/mol. The maximum Gasteiger partial charge on any atom is 0.227 e. The zero-order chi connectivity index (χ0) is 33.0. The molecule has 0 bridgehead atoms. The van der Waals surface area contributed by atoms with E-state index in [4.69, 9.17) is 24.4 Å². The van der Waals surface area contributed by atoms with E-state index in [0.717, 1.165) is 70.0 Å². The second-order valence-corrected chi connectivity index (χ2v) is 13.4. The zero-order valence-electron chi connectivity index (χ0n) is 26.6. The Labute approximate surface area is 291 Å². The molecule has 3 heterocycles. The highest BCUT2D eigenvalue weighted by atomic mass is 32.1. The molecule has 0 aliphatic carbocycles. The molecule has 0 atom stereocenters. The fraction of sp³-hybridized carbons (Fsp3) is 0. The van der Waals surface area contributed by atoms with Crippen LogP contribution in [0.25, 0.3) is 98.8 Å². The first-order chi connectivity index (χ1) is 24.7. The van der Waals surface area contributed by atoms with Gasteiger partial charge in [-0.1, -0.05) is 115 Å². The average Bonchev–Trinajstić information content (AvgIpc) is 3.80. The molecule has 0 amide bonds. The molecule has 0 aliphatic rings. The second-order valence-electron chi connectivity index (χ2n) is 12.3. The minimum absolute atomic E-state index is 0.622. The van der Waals surface area contributed by atoms with Crippen LogP contribution in [-0.4, -0.2) is 19.9 Å². The fourth-order valence-electron chi connectivity index (χ4n) is 6.71. The highest BCUT2D eigenvalue weighted by Gasteiger charge is 2.19. The third-order valence-electron chi connectivity index (χ3n) is 9.15. The summed E-state index contributed by atoms with van der Waals surface area (Å²) in [6.07, 6.45) is 0. The number of nitrogens with zero attached hydrogens (tertiary/aromatic N) is 4. The Morgan fingerprint density at radius 1 is 0.420 bits per heavy atom. The van der Waals surface area contributed by atoms with Gasteiger partial charge in [0.1, 0.15) is 5.52 Å². The van der Waals surface area contributed by atoms with E-state index in [-0.39, 0.29) is 0 Å². The molecule has 5 nitrogen and oxygen atoms in total. The van der Waals surface area contributed by atoms with E-state index in [1.807, 2.05) is 72.8 Å². The van der Waals surface area contributed by atoms with E-state index in [9.17, 15) is 0 Å². The summed E-state index contributed by atoms with van der Waals surface area (Å²) in [5.41, 5.74) is 7.61. The van der Waals surface area contributed by atoms with Crippen molar-refractivity contribution in [2.45, 2.75) is 0 Å². The van der Waals surface area contributed by atoms with Gasteiger partial charge in [-0.15, -0.1) is 11.3 Å². The second kappa shape index (κ2) is 11.6. The number of rotatable bonds is 5. The van der Waals surface area contributed by atoms with Crippen LogP contribution in [0, 0.1) is 0 Å². The third kappa shape index (κ3) is 4.85. The maximum absolute atomic E-state index is 6.42. The SMILES string of the molecule is c1ccc(-c2nc(-c3ccc4c(c3)sc3ccc5nc(-c6ccccc6)oc5c34)nc(-c3cc4ccccc4cc3-c3ccccc3)n2)cc1. The van der Waals surface area contributed by atoms with E-state index in [1.54, 1.807) is 11.3 Å². The Kier molecular flexibility index (Phi) is 6.60. The Hall–Kier alpha value is -6.50. The van der Waals surface area contributed by atoms with Crippen LogP contribution >= 0.6 is 11.3 Å². The summed E-state index contributed by atoms with van der Waals surface area (Å²) in [6, 6.07) is 54.1. The summed E-state index contributed by atoms with van der Waals surface area (Å²) in [6.45, 7) is 0. The maximum atomic E-state index is 6.42. The van der Waals surface area contributed by atoms with E-state index in [1.165, 1.54) is 5.39 Å². The molecule has 0 unspecified atom stereocenters. The van der Waals surface area contributed by atoms with Crippen LogP contribution in [0.5, 0.6) is 0 Å². The van der Waals surface area contributed by atoms with Crippen molar-refractivity contribution in [3.63, 3.8) is 0 Å². The van der Waals surface area contributed by atoms with Crippen LogP contribution < -0.4 is 0 Å². The molecular formula is C44H26N4OS. The lowest BCUT2D eigenvalue weighted by Crippen LogP contribution is -2.01. The van der Waals surface area contributed by atoms with Crippen LogP contribution in [0.15, 0.2) is 162 Å².